The van der Waals surface area contributed by atoms with E-state index in [-0.39, 0.29) is 11.9 Å². The first-order chi connectivity index (χ1) is 13.7. The van der Waals surface area contributed by atoms with Gasteiger partial charge in [-0.25, -0.2) is 9.50 Å². The lowest BCUT2D eigenvalue weighted by Gasteiger charge is -2.18. The van der Waals surface area contributed by atoms with Gasteiger partial charge >= 0.3 is 0 Å². The van der Waals surface area contributed by atoms with E-state index in [9.17, 15) is 4.79 Å². The van der Waals surface area contributed by atoms with E-state index >= 15 is 0 Å². The van der Waals surface area contributed by atoms with Gasteiger partial charge in [0.15, 0.2) is 5.65 Å². The van der Waals surface area contributed by atoms with Gasteiger partial charge in [0.2, 0.25) is 0 Å². The van der Waals surface area contributed by atoms with Crippen molar-refractivity contribution < 1.29 is 4.79 Å². The third kappa shape index (κ3) is 2.94. The number of imidazole rings is 1. The predicted molar refractivity (Wildman–Crippen MR) is 108 cm³/mol. The van der Waals surface area contributed by atoms with Crippen LogP contribution in [-0.2, 0) is 0 Å². The molecule has 1 aliphatic rings. The Morgan fingerprint density at radius 2 is 1.96 bits per heavy atom. The molecule has 1 fully saturated rings. The molecule has 0 spiro atoms. The van der Waals surface area contributed by atoms with E-state index in [1.165, 1.54) is 0 Å². The van der Waals surface area contributed by atoms with Crippen molar-refractivity contribution in [3.05, 3.63) is 66.2 Å². The van der Waals surface area contributed by atoms with E-state index in [0.717, 1.165) is 47.4 Å². The Morgan fingerprint density at radius 1 is 1.11 bits per heavy atom. The van der Waals surface area contributed by atoms with Crippen molar-refractivity contribution in [3.63, 3.8) is 0 Å². The highest BCUT2D eigenvalue weighted by Crippen LogP contribution is 2.20. The molecule has 7 heteroatoms. The largest absolute Gasteiger partial charge is 0.353 e. The van der Waals surface area contributed by atoms with E-state index in [0.29, 0.717) is 5.69 Å². The fourth-order valence-corrected chi connectivity index (χ4v) is 3.70. The molecule has 140 valence electrons. The van der Waals surface area contributed by atoms with E-state index < -0.39 is 0 Å². The Balaban J connectivity index is 1.29. The number of nitrogens with one attached hydrogen (secondary N) is 1. The quantitative estimate of drug-likeness (QED) is 0.598. The summed E-state index contributed by atoms with van der Waals surface area (Å²) in [5, 5.41) is 9.84. The summed E-state index contributed by atoms with van der Waals surface area (Å²) < 4.78 is 1.85. The number of aromatic nitrogens is 4. The van der Waals surface area contributed by atoms with Crippen molar-refractivity contribution >= 4 is 28.1 Å². The number of rotatable bonds is 3. The van der Waals surface area contributed by atoms with Gasteiger partial charge in [-0.15, -0.1) is 5.10 Å². The molecule has 4 heterocycles. The van der Waals surface area contributed by atoms with E-state index in [1.807, 2.05) is 60.1 Å². The summed E-state index contributed by atoms with van der Waals surface area (Å²) in [5.74, 6) is 0.764. The third-order valence-corrected chi connectivity index (χ3v) is 5.23. The van der Waals surface area contributed by atoms with Gasteiger partial charge in [-0.05, 0) is 36.9 Å². The van der Waals surface area contributed by atoms with E-state index in [2.05, 4.69) is 25.3 Å². The molecule has 0 bridgehead atoms. The van der Waals surface area contributed by atoms with Crippen LogP contribution in [0.1, 0.15) is 22.6 Å². The monoisotopic (exact) mass is 372 g/mol. The molecular formula is C21H20N6O. The molecule has 0 radical (unpaired) electrons. The maximum Gasteiger partial charge on any atom is 0.270 e. The lowest BCUT2D eigenvalue weighted by atomic mass is 10.1. The van der Waals surface area contributed by atoms with Crippen LogP contribution < -0.4 is 10.2 Å². The van der Waals surface area contributed by atoms with Crippen molar-refractivity contribution in [2.45, 2.75) is 19.4 Å². The van der Waals surface area contributed by atoms with Crippen LogP contribution in [0.25, 0.3) is 16.4 Å². The number of carbonyl (C=O) groups excluding carboxylic acids is 1. The second-order valence-electron chi connectivity index (χ2n) is 7.18. The van der Waals surface area contributed by atoms with Crippen LogP contribution in [0.2, 0.25) is 0 Å². The summed E-state index contributed by atoms with van der Waals surface area (Å²) in [6.45, 7) is 3.56. The molecule has 1 aliphatic heterocycles. The average Bonchev–Trinajstić information content (AvgIpc) is 3.34. The fraction of sp³-hybridized carbons (Fsp3) is 0.238. The minimum Gasteiger partial charge on any atom is -0.353 e. The van der Waals surface area contributed by atoms with Crippen molar-refractivity contribution in [1.82, 2.24) is 24.9 Å². The standard InChI is InChI=1S/C21H20N6O/c1-14-11-23-19-6-7-20(25-27(14)19)26-9-8-17(13-26)24-21(28)18-10-15-4-2-3-5-16(15)12-22-18/h2-7,10-12,17H,8-9,13H2,1H3,(H,24,28)/t17-/m0/s1. The first-order valence-corrected chi connectivity index (χ1v) is 9.39. The molecule has 5 rings (SSSR count). The molecule has 1 saturated heterocycles. The van der Waals surface area contributed by atoms with Crippen LogP contribution in [0.5, 0.6) is 0 Å². The van der Waals surface area contributed by atoms with Crippen molar-refractivity contribution in [2.24, 2.45) is 0 Å². The molecule has 0 aliphatic carbocycles. The van der Waals surface area contributed by atoms with Gasteiger partial charge in [0, 0.05) is 30.7 Å². The maximum absolute atomic E-state index is 12.7. The molecule has 0 unspecified atom stereocenters. The average molecular weight is 372 g/mol. The Hall–Kier alpha value is -3.48. The van der Waals surface area contributed by atoms with Crippen molar-refractivity contribution in [1.29, 1.82) is 0 Å². The number of anilines is 1. The SMILES string of the molecule is Cc1cnc2ccc(N3CC[C@H](NC(=O)c4cc5ccccc5cn4)C3)nn12. The number of carbonyl (C=O) groups is 1. The number of amides is 1. The highest BCUT2D eigenvalue weighted by atomic mass is 16.1. The second kappa shape index (κ2) is 6.60. The number of pyridine rings is 1. The lowest BCUT2D eigenvalue weighted by molar-refractivity contribution is 0.0935. The molecule has 28 heavy (non-hydrogen) atoms. The Kier molecular flexibility index (Phi) is 3.93. The number of aryl methyl sites for hydroxylation is 1. The zero-order valence-corrected chi connectivity index (χ0v) is 15.5. The third-order valence-electron chi connectivity index (χ3n) is 5.23. The molecule has 0 saturated carbocycles. The summed E-state index contributed by atoms with van der Waals surface area (Å²) in [7, 11) is 0. The van der Waals surface area contributed by atoms with Gasteiger partial charge in [-0.1, -0.05) is 24.3 Å². The number of fused-ring (bicyclic) bond motifs is 2. The first-order valence-electron chi connectivity index (χ1n) is 9.39. The minimum absolute atomic E-state index is 0.0714. The minimum atomic E-state index is -0.133. The second-order valence-corrected chi connectivity index (χ2v) is 7.18. The van der Waals surface area contributed by atoms with Gasteiger partial charge in [0.1, 0.15) is 11.5 Å². The number of hydrogen-bond donors (Lipinski definition) is 1. The zero-order valence-electron chi connectivity index (χ0n) is 15.5. The normalized spacial score (nSPS) is 16.8. The zero-order chi connectivity index (χ0) is 19.1. The van der Waals surface area contributed by atoms with Crippen LogP contribution in [0, 0.1) is 6.92 Å². The molecule has 1 N–H and O–H groups in total. The van der Waals surface area contributed by atoms with E-state index in [1.54, 1.807) is 6.20 Å². The van der Waals surface area contributed by atoms with Crippen molar-refractivity contribution in [3.8, 4) is 0 Å². The summed E-state index contributed by atoms with van der Waals surface area (Å²) in [6, 6.07) is 13.8. The maximum atomic E-state index is 12.7. The molecule has 1 atom stereocenters. The number of benzene rings is 1. The van der Waals surface area contributed by atoms with Crippen LogP contribution in [0.4, 0.5) is 5.82 Å². The molecule has 1 amide bonds. The van der Waals surface area contributed by atoms with Crippen LogP contribution >= 0.6 is 0 Å². The lowest BCUT2D eigenvalue weighted by Crippen LogP contribution is -2.37. The Bertz CT molecular complexity index is 1180. The highest BCUT2D eigenvalue weighted by Gasteiger charge is 2.26. The molecular weight excluding hydrogens is 352 g/mol. The Labute approximate surface area is 162 Å². The summed E-state index contributed by atoms with van der Waals surface area (Å²) in [5.41, 5.74) is 2.29. The topological polar surface area (TPSA) is 75.4 Å². The molecule has 4 aromatic rings. The summed E-state index contributed by atoms with van der Waals surface area (Å²) in [4.78, 5) is 23.5. The van der Waals surface area contributed by atoms with Gasteiger partial charge in [-0.3, -0.25) is 9.78 Å². The number of hydrogen-bond acceptors (Lipinski definition) is 5. The van der Waals surface area contributed by atoms with Gasteiger partial charge in [-0.2, -0.15) is 0 Å². The van der Waals surface area contributed by atoms with Gasteiger partial charge < -0.3 is 10.2 Å². The molecule has 1 aromatic carbocycles. The van der Waals surface area contributed by atoms with Crippen LogP contribution in [0.3, 0.4) is 0 Å². The molecule has 7 nitrogen and oxygen atoms in total. The summed E-state index contributed by atoms with van der Waals surface area (Å²) >= 11 is 0. The smallest absolute Gasteiger partial charge is 0.270 e. The van der Waals surface area contributed by atoms with Crippen LogP contribution in [-0.4, -0.2) is 44.6 Å². The fourth-order valence-electron chi connectivity index (χ4n) is 3.70. The Morgan fingerprint density at radius 3 is 2.86 bits per heavy atom. The molecule has 3 aromatic heterocycles. The number of nitrogens with zero attached hydrogens (tertiary/aromatic N) is 5. The summed E-state index contributed by atoms with van der Waals surface area (Å²) in [6.07, 6.45) is 4.44. The van der Waals surface area contributed by atoms with E-state index in [4.69, 9.17) is 0 Å². The van der Waals surface area contributed by atoms with Crippen LogP contribution in [0.15, 0.2) is 54.9 Å². The predicted octanol–water partition coefficient (Wildman–Crippen LogP) is 2.59. The van der Waals surface area contributed by atoms with Crippen molar-refractivity contribution in [2.75, 3.05) is 18.0 Å². The first kappa shape index (κ1) is 16.7. The van der Waals surface area contributed by atoms with Gasteiger partial charge in [0.25, 0.3) is 5.91 Å². The van der Waals surface area contributed by atoms with Gasteiger partial charge in [0.05, 0.1) is 11.9 Å². The highest BCUT2D eigenvalue weighted by molar-refractivity contribution is 5.96.